The van der Waals surface area contributed by atoms with Gasteiger partial charge in [-0.3, -0.25) is 10.2 Å². The highest BCUT2D eigenvalue weighted by atomic mass is 28.4. The second-order valence-corrected chi connectivity index (χ2v) is 13.2. The van der Waals surface area contributed by atoms with Crippen molar-refractivity contribution in [2.24, 2.45) is 0 Å². The quantitative estimate of drug-likeness (QED) is 0.462. The number of carbonyl (C=O) groups is 1. The topological polar surface area (TPSA) is 70.6 Å². The van der Waals surface area contributed by atoms with E-state index in [2.05, 4.69) is 44.7 Å². The molecule has 0 saturated heterocycles. The molecule has 28 heavy (non-hydrogen) atoms. The van der Waals surface area contributed by atoms with Crippen LogP contribution in [0.25, 0.3) is 0 Å². The molecule has 0 aromatic heterocycles. The van der Waals surface area contributed by atoms with Crippen molar-refractivity contribution in [1.82, 2.24) is 10.9 Å². The van der Waals surface area contributed by atoms with E-state index in [1.54, 1.807) is 12.1 Å². The Hall–Kier alpha value is -1.99. The van der Waals surface area contributed by atoms with Crippen LogP contribution in [0.5, 0.6) is 0 Å². The van der Waals surface area contributed by atoms with Gasteiger partial charge in [-0.05, 0) is 35.8 Å². The van der Waals surface area contributed by atoms with Crippen LogP contribution in [0.4, 0.5) is 0 Å². The molecule has 2 unspecified atom stereocenters. The van der Waals surface area contributed by atoms with Crippen molar-refractivity contribution >= 4 is 14.2 Å². The average Bonchev–Trinajstić information content (AvgIpc) is 2.67. The number of rotatable bonds is 8. The lowest BCUT2D eigenvalue weighted by molar-refractivity contribution is 0.0763. The molecule has 2 atom stereocenters. The summed E-state index contributed by atoms with van der Waals surface area (Å²) < 4.78 is 6.64. The summed E-state index contributed by atoms with van der Waals surface area (Å²) in [5.74, 6) is -0.252. The third kappa shape index (κ3) is 5.75. The third-order valence-electron chi connectivity index (χ3n) is 5.33. The Kier molecular flexibility index (Phi) is 7.54. The van der Waals surface area contributed by atoms with Crippen LogP contribution in [-0.2, 0) is 4.43 Å². The number of aliphatic hydroxyl groups is 1. The summed E-state index contributed by atoms with van der Waals surface area (Å²) >= 11 is 0. The zero-order chi connectivity index (χ0) is 20.8. The summed E-state index contributed by atoms with van der Waals surface area (Å²) in [6.07, 6.45) is -0.386. The molecule has 0 aliphatic heterocycles. The molecule has 6 heteroatoms. The molecule has 0 aliphatic rings. The molecular weight excluding hydrogens is 368 g/mol. The van der Waals surface area contributed by atoms with Gasteiger partial charge in [0.05, 0.1) is 18.8 Å². The van der Waals surface area contributed by atoms with Gasteiger partial charge in [0.2, 0.25) is 0 Å². The van der Waals surface area contributed by atoms with E-state index in [1.165, 1.54) is 0 Å². The Morgan fingerprint density at radius 2 is 1.57 bits per heavy atom. The van der Waals surface area contributed by atoms with Crippen LogP contribution in [-0.4, -0.2) is 32.0 Å². The number of aliphatic hydroxyl groups excluding tert-OH is 1. The van der Waals surface area contributed by atoms with E-state index in [-0.39, 0.29) is 23.7 Å². The third-order valence-corrected chi connectivity index (χ3v) is 9.78. The SMILES string of the molecule is CC(C)(C)[Si](C)(C)OC(c1ccccc1)C(CO)NNC(=O)c1ccccc1. The first-order valence-electron chi connectivity index (χ1n) is 9.60. The number of benzene rings is 2. The van der Waals surface area contributed by atoms with Crippen LogP contribution in [0.2, 0.25) is 18.1 Å². The van der Waals surface area contributed by atoms with E-state index in [9.17, 15) is 9.90 Å². The minimum absolute atomic E-state index is 0.0212. The standard InChI is InChI=1S/C22H32N2O3Si/c1-22(2,3)28(4,5)27-20(17-12-8-6-9-13-17)19(16-25)23-24-21(26)18-14-10-7-11-15-18/h6-15,19-20,23,25H,16H2,1-5H3,(H,24,26). The molecule has 3 N–H and O–H groups in total. The normalized spacial score (nSPS) is 14.4. The molecule has 0 heterocycles. The van der Waals surface area contributed by atoms with Crippen LogP contribution < -0.4 is 10.9 Å². The molecule has 0 radical (unpaired) electrons. The van der Waals surface area contributed by atoms with Crippen molar-refractivity contribution < 1.29 is 14.3 Å². The zero-order valence-electron chi connectivity index (χ0n) is 17.4. The van der Waals surface area contributed by atoms with Crippen molar-refractivity contribution in [2.75, 3.05) is 6.61 Å². The molecule has 0 saturated carbocycles. The van der Waals surface area contributed by atoms with E-state index in [1.807, 2.05) is 48.5 Å². The molecule has 1 amide bonds. The highest BCUT2D eigenvalue weighted by Crippen LogP contribution is 2.40. The van der Waals surface area contributed by atoms with Crippen LogP contribution in [0.3, 0.4) is 0 Å². The first kappa shape index (κ1) is 22.3. The first-order chi connectivity index (χ1) is 13.2. The van der Waals surface area contributed by atoms with Gasteiger partial charge in [0.1, 0.15) is 0 Å². The lowest BCUT2D eigenvalue weighted by Gasteiger charge is -2.41. The summed E-state index contributed by atoms with van der Waals surface area (Å²) in [6.45, 7) is 10.7. The molecule has 152 valence electrons. The Morgan fingerprint density at radius 1 is 1.04 bits per heavy atom. The highest BCUT2D eigenvalue weighted by molar-refractivity contribution is 6.74. The number of hydrazine groups is 1. The maximum absolute atomic E-state index is 12.4. The highest BCUT2D eigenvalue weighted by Gasteiger charge is 2.41. The number of nitrogens with one attached hydrogen (secondary N) is 2. The fourth-order valence-electron chi connectivity index (χ4n) is 2.56. The van der Waals surface area contributed by atoms with Gasteiger partial charge in [0.25, 0.3) is 5.91 Å². The van der Waals surface area contributed by atoms with Crippen molar-refractivity contribution in [1.29, 1.82) is 0 Å². The average molecular weight is 401 g/mol. The first-order valence-corrected chi connectivity index (χ1v) is 12.5. The second kappa shape index (κ2) is 9.47. The van der Waals surface area contributed by atoms with Crippen molar-refractivity contribution in [3.05, 3.63) is 71.8 Å². The van der Waals surface area contributed by atoms with Gasteiger partial charge in [0, 0.05) is 5.56 Å². The fraction of sp³-hybridized carbons (Fsp3) is 0.409. The molecule has 0 bridgehead atoms. The Balaban J connectivity index is 2.21. The minimum Gasteiger partial charge on any atom is -0.408 e. The number of carbonyl (C=O) groups excluding carboxylic acids is 1. The van der Waals surface area contributed by atoms with Gasteiger partial charge in [-0.15, -0.1) is 0 Å². The molecule has 0 aliphatic carbocycles. The maximum Gasteiger partial charge on any atom is 0.265 e. The summed E-state index contributed by atoms with van der Waals surface area (Å²) in [4.78, 5) is 12.4. The monoisotopic (exact) mass is 400 g/mol. The predicted molar refractivity (Wildman–Crippen MR) is 115 cm³/mol. The van der Waals surface area contributed by atoms with E-state index in [0.717, 1.165) is 5.56 Å². The molecule has 0 spiro atoms. The fourth-order valence-corrected chi connectivity index (χ4v) is 3.85. The predicted octanol–water partition coefficient (Wildman–Crippen LogP) is 4.05. The molecule has 5 nitrogen and oxygen atoms in total. The largest absolute Gasteiger partial charge is 0.408 e. The molecule has 0 fully saturated rings. The minimum atomic E-state index is -2.11. The van der Waals surface area contributed by atoms with E-state index < -0.39 is 14.4 Å². The number of hydrogen-bond donors (Lipinski definition) is 3. The molecule has 2 aromatic rings. The Labute approximate surface area is 169 Å². The lowest BCUT2D eigenvalue weighted by atomic mass is 10.0. The van der Waals surface area contributed by atoms with E-state index in [4.69, 9.17) is 4.43 Å². The molecular formula is C22H32N2O3Si. The van der Waals surface area contributed by atoms with E-state index >= 15 is 0 Å². The van der Waals surface area contributed by atoms with Gasteiger partial charge in [-0.2, -0.15) is 0 Å². The summed E-state index contributed by atoms with van der Waals surface area (Å²) in [6, 6.07) is 18.3. The summed E-state index contributed by atoms with van der Waals surface area (Å²) in [7, 11) is -2.11. The van der Waals surface area contributed by atoms with Crippen LogP contribution >= 0.6 is 0 Å². The lowest BCUT2D eigenvalue weighted by Crippen LogP contribution is -2.52. The van der Waals surface area contributed by atoms with Crippen molar-refractivity contribution in [3.8, 4) is 0 Å². The molecule has 2 rings (SSSR count). The number of hydrogen-bond acceptors (Lipinski definition) is 4. The smallest absolute Gasteiger partial charge is 0.265 e. The number of amides is 1. The van der Waals surface area contributed by atoms with Crippen molar-refractivity contribution in [3.63, 3.8) is 0 Å². The van der Waals surface area contributed by atoms with Gasteiger partial charge in [-0.1, -0.05) is 69.3 Å². The van der Waals surface area contributed by atoms with Crippen LogP contribution in [0.15, 0.2) is 60.7 Å². The Bertz CT molecular complexity index is 745. The summed E-state index contributed by atoms with van der Waals surface area (Å²) in [5.41, 5.74) is 7.21. The Morgan fingerprint density at radius 3 is 2.07 bits per heavy atom. The second-order valence-electron chi connectivity index (χ2n) is 8.46. The van der Waals surface area contributed by atoms with Gasteiger partial charge in [0.15, 0.2) is 8.32 Å². The van der Waals surface area contributed by atoms with Gasteiger partial charge < -0.3 is 9.53 Å². The van der Waals surface area contributed by atoms with E-state index in [0.29, 0.717) is 5.56 Å². The van der Waals surface area contributed by atoms with Crippen LogP contribution in [0, 0.1) is 0 Å². The van der Waals surface area contributed by atoms with Gasteiger partial charge in [-0.25, -0.2) is 5.43 Å². The zero-order valence-corrected chi connectivity index (χ0v) is 18.4. The summed E-state index contributed by atoms with van der Waals surface area (Å²) in [5, 5.41) is 10.1. The maximum atomic E-state index is 12.4. The van der Waals surface area contributed by atoms with Gasteiger partial charge >= 0.3 is 0 Å². The molecule has 2 aromatic carbocycles. The van der Waals surface area contributed by atoms with Crippen molar-refractivity contribution in [2.45, 2.75) is 51.0 Å². The van der Waals surface area contributed by atoms with Crippen LogP contribution in [0.1, 0.15) is 42.8 Å².